The first kappa shape index (κ1) is 12.1. The van der Waals surface area contributed by atoms with Crippen molar-refractivity contribution in [2.24, 2.45) is 0 Å². The minimum atomic E-state index is 0.152. The third kappa shape index (κ3) is 1.75. The normalized spacial score (nSPS) is 21.9. The number of para-hydroxylation sites is 1. The fourth-order valence-electron chi connectivity index (χ4n) is 3.30. The summed E-state index contributed by atoms with van der Waals surface area (Å²) < 4.78 is 0. The topological polar surface area (TPSA) is 15.3 Å². The summed E-state index contributed by atoms with van der Waals surface area (Å²) in [6.45, 7) is 7.49. The molecule has 2 heterocycles. The van der Waals surface area contributed by atoms with E-state index in [-0.39, 0.29) is 5.41 Å². The fraction of sp³-hybridized carbons (Fsp3) is 0.467. The third-order valence-electron chi connectivity index (χ3n) is 4.42. The molecule has 1 aromatic rings. The molecule has 2 nitrogen and oxygen atoms in total. The first-order valence-corrected chi connectivity index (χ1v) is 7.14. The minimum Gasteiger partial charge on any atom is -0.358 e. The van der Waals surface area contributed by atoms with Crippen LogP contribution >= 0.6 is 11.6 Å². The number of fused-ring (bicyclic) bond motifs is 2. The Labute approximate surface area is 114 Å². The summed E-state index contributed by atoms with van der Waals surface area (Å²) >= 11 is 5.82. The van der Waals surface area contributed by atoms with E-state index in [0.717, 1.165) is 38.4 Å². The van der Waals surface area contributed by atoms with Crippen molar-refractivity contribution >= 4 is 17.3 Å². The average molecular weight is 263 g/mol. The van der Waals surface area contributed by atoms with E-state index in [2.05, 4.69) is 41.1 Å². The maximum Gasteiger partial charge on any atom is 0.0424 e. The van der Waals surface area contributed by atoms with Crippen molar-refractivity contribution in [2.45, 2.75) is 18.3 Å². The molecule has 0 amide bonds. The van der Waals surface area contributed by atoms with E-state index in [1.807, 2.05) is 0 Å². The molecule has 1 aromatic carbocycles. The number of halogens is 1. The summed E-state index contributed by atoms with van der Waals surface area (Å²) in [5, 5.41) is 3.47. The zero-order chi connectivity index (χ0) is 12.6. The van der Waals surface area contributed by atoms with Gasteiger partial charge in [0, 0.05) is 29.2 Å². The van der Waals surface area contributed by atoms with Gasteiger partial charge in [-0.05, 0) is 37.6 Å². The van der Waals surface area contributed by atoms with Crippen molar-refractivity contribution < 1.29 is 0 Å². The van der Waals surface area contributed by atoms with Crippen molar-refractivity contribution in [3.8, 4) is 0 Å². The van der Waals surface area contributed by atoms with E-state index in [9.17, 15) is 0 Å². The van der Waals surface area contributed by atoms with Crippen LogP contribution in [0.25, 0.3) is 0 Å². The molecule has 3 heteroatoms. The number of likely N-dealkylation sites (tertiary alicyclic amines) is 1. The number of benzene rings is 1. The Balaban J connectivity index is 1.86. The van der Waals surface area contributed by atoms with Crippen molar-refractivity contribution in [2.75, 3.05) is 30.8 Å². The summed E-state index contributed by atoms with van der Waals surface area (Å²) in [6.07, 6.45) is 2.29. The van der Waals surface area contributed by atoms with Gasteiger partial charge in [-0.15, -0.1) is 11.6 Å². The van der Waals surface area contributed by atoms with Gasteiger partial charge in [0.25, 0.3) is 0 Å². The molecule has 1 saturated heterocycles. The second-order valence-electron chi connectivity index (χ2n) is 5.26. The van der Waals surface area contributed by atoms with Gasteiger partial charge in [-0.1, -0.05) is 24.8 Å². The Morgan fingerprint density at radius 1 is 1.28 bits per heavy atom. The highest BCUT2D eigenvalue weighted by molar-refractivity contribution is 6.18. The summed E-state index contributed by atoms with van der Waals surface area (Å²) in [4.78, 5) is 2.45. The lowest BCUT2D eigenvalue weighted by Gasteiger charge is -2.40. The first-order chi connectivity index (χ1) is 8.76. The zero-order valence-corrected chi connectivity index (χ0v) is 11.3. The molecule has 0 radical (unpaired) electrons. The van der Waals surface area contributed by atoms with Gasteiger partial charge < -0.3 is 10.2 Å². The van der Waals surface area contributed by atoms with Crippen LogP contribution in [0.15, 0.2) is 36.5 Å². The van der Waals surface area contributed by atoms with Gasteiger partial charge in [-0.2, -0.15) is 0 Å². The first-order valence-electron chi connectivity index (χ1n) is 6.60. The molecule has 0 bridgehead atoms. The molecule has 0 atom stereocenters. The maximum atomic E-state index is 5.82. The number of allylic oxidation sites excluding steroid dienone is 1. The molecular formula is C15H19ClN2. The fourth-order valence-corrected chi connectivity index (χ4v) is 3.54. The van der Waals surface area contributed by atoms with Crippen LogP contribution in [0.4, 0.5) is 5.69 Å². The molecule has 0 unspecified atom stereocenters. The van der Waals surface area contributed by atoms with Crippen LogP contribution in [0.1, 0.15) is 18.4 Å². The number of rotatable bonds is 2. The molecule has 1 fully saturated rings. The minimum absolute atomic E-state index is 0.152. The van der Waals surface area contributed by atoms with Gasteiger partial charge >= 0.3 is 0 Å². The monoisotopic (exact) mass is 262 g/mol. The number of hydrogen-bond donors (Lipinski definition) is 1. The quantitative estimate of drug-likeness (QED) is 0.824. The summed E-state index contributed by atoms with van der Waals surface area (Å²) in [7, 11) is 0. The van der Waals surface area contributed by atoms with Crippen molar-refractivity contribution in [1.29, 1.82) is 0 Å². The van der Waals surface area contributed by atoms with Gasteiger partial charge in [0.2, 0.25) is 0 Å². The van der Waals surface area contributed by atoms with E-state index in [1.54, 1.807) is 0 Å². The second kappa shape index (κ2) is 4.60. The molecule has 2 aliphatic heterocycles. The van der Waals surface area contributed by atoms with Gasteiger partial charge in [0.05, 0.1) is 0 Å². The number of hydrogen-bond acceptors (Lipinski definition) is 2. The van der Waals surface area contributed by atoms with E-state index >= 15 is 0 Å². The van der Waals surface area contributed by atoms with Gasteiger partial charge in [-0.3, -0.25) is 0 Å². The van der Waals surface area contributed by atoms with E-state index < -0.39 is 0 Å². The zero-order valence-electron chi connectivity index (χ0n) is 10.6. The lowest BCUT2D eigenvalue weighted by molar-refractivity contribution is 0.189. The number of alkyl halides is 1. The molecule has 18 heavy (non-hydrogen) atoms. The molecule has 3 rings (SSSR count). The molecule has 0 aromatic heterocycles. The molecule has 96 valence electrons. The van der Waals surface area contributed by atoms with Crippen LogP contribution in [0.5, 0.6) is 0 Å². The Morgan fingerprint density at radius 3 is 2.72 bits per heavy atom. The Hall–Kier alpha value is -0.990. The Bertz CT molecular complexity index is 461. The summed E-state index contributed by atoms with van der Waals surface area (Å²) in [6, 6.07) is 8.62. The average Bonchev–Trinajstić information content (AvgIpc) is 2.66. The van der Waals surface area contributed by atoms with E-state index in [0.29, 0.717) is 0 Å². The highest BCUT2D eigenvalue weighted by atomic mass is 35.5. The molecular weight excluding hydrogens is 244 g/mol. The van der Waals surface area contributed by atoms with Crippen molar-refractivity contribution in [3.05, 3.63) is 42.1 Å². The van der Waals surface area contributed by atoms with Crippen LogP contribution in [0.2, 0.25) is 0 Å². The van der Waals surface area contributed by atoms with Crippen LogP contribution in [0, 0.1) is 0 Å². The number of nitrogens with one attached hydrogen (secondary N) is 1. The second-order valence-corrected chi connectivity index (χ2v) is 5.64. The van der Waals surface area contributed by atoms with Crippen LogP contribution in [-0.4, -0.2) is 30.4 Å². The van der Waals surface area contributed by atoms with Crippen LogP contribution < -0.4 is 5.32 Å². The number of piperidine rings is 1. The van der Waals surface area contributed by atoms with Gasteiger partial charge in [0.1, 0.15) is 0 Å². The molecule has 1 N–H and O–H groups in total. The molecule has 0 aliphatic carbocycles. The molecule has 2 aliphatic rings. The lowest BCUT2D eigenvalue weighted by atomic mass is 9.72. The highest BCUT2D eigenvalue weighted by Crippen LogP contribution is 2.49. The summed E-state index contributed by atoms with van der Waals surface area (Å²) in [5.74, 6) is 0.725. The van der Waals surface area contributed by atoms with Gasteiger partial charge in [-0.25, -0.2) is 0 Å². The molecule has 1 spiro atoms. The van der Waals surface area contributed by atoms with Crippen LogP contribution in [-0.2, 0) is 5.41 Å². The molecule has 0 saturated carbocycles. The maximum absolute atomic E-state index is 5.82. The lowest BCUT2D eigenvalue weighted by Crippen LogP contribution is -2.43. The van der Waals surface area contributed by atoms with Crippen molar-refractivity contribution in [3.63, 3.8) is 0 Å². The SMILES string of the molecule is C=C1Nc2ccccc2C12CCN(CCCl)CC2. The van der Waals surface area contributed by atoms with E-state index in [4.69, 9.17) is 11.6 Å². The predicted molar refractivity (Wildman–Crippen MR) is 77.3 cm³/mol. The van der Waals surface area contributed by atoms with Crippen LogP contribution in [0.3, 0.4) is 0 Å². The van der Waals surface area contributed by atoms with E-state index in [1.165, 1.54) is 16.9 Å². The highest BCUT2D eigenvalue weighted by Gasteiger charge is 2.43. The Morgan fingerprint density at radius 2 is 2.00 bits per heavy atom. The van der Waals surface area contributed by atoms with Gasteiger partial charge in [0.15, 0.2) is 0 Å². The third-order valence-corrected chi connectivity index (χ3v) is 4.59. The Kier molecular flexibility index (Phi) is 3.08. The standard InChI is InChI=1S/C15H19ClN2/c1-12-15(6-9-18(10-7-15)11-8-16)13-4-2-3-5-14(13)17-12/h2-5,17H,1,6-11H2. The number of anilines is 1. The number of nitrogens with zero attached hydrogens (tertiary/aromatic N) is 1. The largest absolute Gasteiger partial charge is 0.358 e. The smallest absolute Gasteiger partial charge is 0.0424 e. The van der Waals surface area contributed by atoms with Crippen molar-refractivity contribution in [1.82, 2.24) is 4.90 Å². The predicted octanol–water partition coefficient (Wildman–Crippen LogP) is 3.20. The summed E-state index contributed by atoms with van der Waals surface area (Å²) in [5.41, 5.74) is 4.00.